The first-order valence-corrected chi connectivity index (χ1v) is 12.2. The quantitative estimate of drug-likeness (QED) is 0.162. The van der Waals surface area contributed by atoms with Gasteiger partial charge in [0.05, 0.1) is 19.9 Å². The molecule has 8 nitrogen and oxygen atoms in total. The molecular formula is C30H29N3O5. The Morgan fingerprint density at radius 2 is 1.68 bits per heavy atom. The van der Waals surface area contributed by atoms with Crippen molar-refractivity contribution in [1.29, 1.82) is 0 Å². The Bertz CT molecular complexity index is 1450. The summed E-state index contributed by atoms with van der Waals surface area (Å²) in [6, 6.07) is 26.6. The van der Waals surface area contributed by atoms with E-state index in [4.69, 9.17) is 14.2 Å². The Kier molecular flexibility index (Phi) is 8.91. The average molecular weight is 512 g/mol. The number of rotatable bonds is 11. The molecule has 0 aliphatic heterocycles. The van der Waals surface area contributed by atoms with Crippen molar-refractivity contribution >= 4 is 34.5 Å². The van der Waals surface area contributed by atoms with E-state index in [1.54, 1.807) is 36.4 Å². The molecule has 0 unspecified atom stereocenters. The fourth-order valence-electron chi connectivity index (χ4n) is 3.84. The molecule has 0 aliphatic rings. The van der Waals surface area contributed by atoms with Crippen LogP contribution in [0.3, 0.4) is 0 Å². The van der Waals surface area contributed by atoms with E-state index in [0.717, 1.165) is 16.3 Å². The molecular weight excluding hydrogens is 482 g/mol. The standard InChI is InChI=1S/C30H29N3O5/c1-3-37-28-16-21(14-15-27(28)38-20-23-10-6-9-22-8-4-5-13-26(22)23)19-31-33-30(35)18-29(34)32-24-11-7-12-25(17-24)36-2/h4-17,19H,3,18,20H2,1-2H3,(H,32,34)(H,33,35). The van der Waals surface area contributed by atoms with Gasteiger partial charge < -0.3 is 19.5 Å². The summed E-state index contributed by atoms with van der Waals surface area (Å²) in [6.45, 7) is 2.75. The Balaban J connectivity index is 1.34. The fourth-order valence-corrected chi connectivity index (χ4v) is 3.84. The van der Waals surface area contributed by atoms with E-state index < -0.39 is 11.8 Å². The minimum Gasteiger partial charge on any atom is -0.497 e. The lowest BCUT2D eigenvalue weighted by Gasteiger charge is -2.13. The predicted molar refractivity (Wildman–Crippen MR) is 148 cm³/mol. The monoisotopic (exact) mass is 511 g/mol. The minimum absolute atomic E-state index is 0.375. The number of amides is 2. The van der Waals surface area contributed by atoms with E-state index in [9.17, 15) is 9.59 Å². The molecule has 2 amide bonds. The molecule has 0 saturated carbocycles. The number of nitrogens with zero attached hydrogens (tertiary/aromatic N) is 1. The first-order chi connectivity index (χ1) is 18.6. The molecule has 38 heavy (non-hydrogen) atoms. The molecule has 0 bridgehead atoms. The molecule has 0 aliphatic carbocycles. The van der Waals surface area contributed by atoms with Crippen LogP contribution in [-0.2, 0) is 16.2 Å². The molecule has 0 heterocycles. The minimum atomic E-state index is -0.540. The maximum atomic E-state index is 12.2. The van der Waals surface area contributed by atoms with Gasteiger partial charge in [-0.15, -0.1) is 0 Å². The van der Waals surface area contributed by atoms with Gasteiger partial charge in [-0.25, -0.2) is 5.43 Å². The molecule has 0 spiro atoms. The zero-order valence-electron chi connectivity index (χ0n) is 21.3. The van der Waals surface area contributed by atoms with Crippen LogP contribution in [-0.4, -0.2) is 31.7 Å². The maximum Gasteiger partial charge on any atom is 0.249 e. The topological polar surface area (TPSA) is 98.2 Å². The third kappa shape index (κ3) is 7.10. The summed E-state index contributed by atoms with van der Waals surface area (Å²) >= 11 is 0. The predicted octanol–water partition coefficient (Wildman–Crippen LogP) is 5.31. The highest BCUT2D eigenvalue weighted by molar-refractivity contribution is 6.03. The van der Waals surface area contributed by atoms with Crippen molar-refractivity contribution in [3.05, 3.63) is 96.1 Å². The zero-order chi connectivity index (χ0) is 26.7. The summed E-state index contributed by atoms with van der Waals surface area (Å²) in [6.07, 6.45) is 1.11. The number of fused-ring (bicyclic) bond motifs is 1. The van der Waals surface area contributed by atoms with Crippen molar-refractivity contribution in [2.75, 3.05) is 19.0 Å². The van der Waals surface area contributed by atoms with E-state index in [1.807, 2.05) is 37.3 Å². The summed E-state index contributed by atoms with van der Waals surface area (Å²) in [5.74, 6) is 0.781. The first-order valence-electron chi connectivity index (χ1n) is 12.2. The number of methoxy groups -OCH3 is 1. The maximum absolute atomic E-state index is 12.2. The molecule has 194 valence electrons. The first kappa shape index (κ1) is 26.2. The molecule has 4 rings (SSSR count). The number of hydrogen-bond acceptors (Lipinski definition) is 6. The van der Waals surface area contributed by atoms with Gasteiger partial charge in [-0.05, 0) is 59.2 Å². The van der Waals surface area contributed by atoms with Crippen LogP contribution in [0.2, 0.25) is 0 Å². The third-order valence-electron chi connectivity index (χ3n) is 5.61. The van der Waals surface area contributed by atoms with Crippen molar-refractivity contribution in [2.24, 2.45) is 5.10 Å². The van der Waals surface area contributed by atoms with Crippen molar-refractivity contribution in [2.45, 2.75) is 20.0 Å². The number of benzene rings is 4. The van der Waals surface area contributed by atoms with Gasteiger partial charge in [0.2, 0.25) is 11.8 Å². The molecule has 8 heteroatoms. The largest absolute Gasteiger partial charge is 0.497 e. The van der Waals surface area contributed by atoms with Gasteiger partial charge in [0.1, 0.15) is 18.8 Å². The number of carbonyl (C=O) groups is 2. The van der Waals surface area contributed by atoms with Crippen molar-refractivity contribution in [3.8, 4) is 17.2 Å². The second-order valence-electron chi connectivity index (χ2n) is 8.32. The van der Waals surface area contributed by atoms with Crippen molar-refractivity contribution in [3.63, 3.8) is 0 Å². The number of carbonyl (C=O) groups excluding carboxylic acids is 2. The van der Waals surface area contributed by atoms with Gasteiger partial charge in [0.15, 0.2) is 11.5 Å². The SMILES string of the molecule is CCOc1cc(C=NNC(=O)CC(=O)Nc2cccc(OC)c2)ccc1OCc1cccc2ccccc12. The van der Waals surface area contributed by atoms with Crippen LogP contribution in [0.1, 0.15) is 24.5 Å². The normalized spacial score (nSPS) is 10.8. The third-order valence-corrected chi connectivity index (χ3v) is 5.61. The van der Waals surface area contributed by atoms with Gasteiger partial charge in [0.25, 0.3) is 0 Å². The van der Waals surface area contributed by atoms with E-state index in [0.29, 0.717) is 41.7 Å². The highest BCUT2D eigenvalue weighted by Gasteiger charge is 2.11. The van der Waals surface area contributed by atoms with Crippen LogP contribution in [0.5, 0.6) is 17.2 Å². The summed E-state index contributed by atoms with van der Waals surface area (Å²) in [5.41, 5.74) is 4.69. The van der Waals surface area contributed by atoms with Gasteiger partial charge in [-0.2, -0.15) is 5.10 Å². The summed E-state index contributed by atoms with van der Waals surface area (Å²) < 4.78 is 17.0. The van der Waals surface area contributed by atoms with E-state index >= 15 is 0 Å². The Hall–Kier alpha value is -4.85. The molecule has 2 N–H and O–H groups in total. The lowest BCUT2D eigenvalue weighted by atomic mass is 10.1. The van der Waals surface area contributed by atoms with Crippen molar-refractivity contribution in [1.82, 2.24) is 5.43 Å². The van der Waals surface area contributed by atoms with Crippen LogP contribution in [0.25, 0.3) is 10.8 Å². The van der Waals surface area contributed by atoms with Crippen LogP contribution >= 0.6 is 0 Å². The van der Waals surface area contributed by atoms with E-state index in [2.05, 4.69) is 34.0 Å². The number of nitrogens with one attached hydrogen (secondary N) is 2. The molecule has 0 radical (unpaired) electrons. The van der Waals surface area contributed by atoms with E-state index in [1.165, 1.54) is 13.3 Å². The molecule has 0 saturated heterocycles. The summed E-state index contributed by atoms with van der Waals surface area (Å²) in [7, 11) is 1.54. The average Bonchev–Trinajstić information content (AvgIpc) is 2.92. The Labute approximate surface area is 221 Å². The van der Waals surface area contributed by atoms with Crippen LogP contribution in [0.15, 0.2) is 90.0 Å². The molecule has 4 aromatic rings. The van der Waals surface area contributed by atoms with Gasteiger partial charge in [0, 0.05) is 11.8 Å². The number of hydrazone groups is 1. The molecule has 0 aromatic heterocycles. The Morgan fingerprint density at radius 1 is 0.868 bits per heavy atom. The lowest BCUT2D eigenvalue weighted by Crippen LogP contribution is -2.24. The molecule has 0 atom stereocenters. The second-order valence-corrected chi connectivity index (χ2v) is 8.32. The number of hydrogen-bond donors (Lipinski definition) is 2. The summed E-state index contributed by atoms with van der Waals surface area (Å²) in [5, 5.41) is 8.92. The smallest absolute Gasteiger partial charge is 0.249 e. The van der Waals surface area contributed by atoms with Gasteiger partial charge in [-0.1, -0.05) is 48.5 Å². The zero-order valence-corrected chi connectivity index (χ0v) is 21.3. The molecule has 0 fully saturated rings. The highest BCUT2D eigenvalue weighted by Crippen LogP contribution is 2.30. The van der Waals surface area contributed by atoms with Crippen LogP contribution in [0, 0.1) is 0 Å². The second kappa shape index (κ2) is 12.9. The molecule has 4 aromatic carbocycles. The van der Waals surface area contributed by atoms with Gasteiger partial charge >= 0.3 is 0 Å². The number of ether oxygens (including phenoxy) is 3. The number of anilines is 1. The van der Waals surface area contributed by atoms with Crippen LogP contribution < -0.4 is 25.0 Å². The highest BCUT2D eigenvalue weighted by atomic mass is 16.5. The Morgan fingerprint density at radius 3 is 2.53 bits per heavy atom. The lowest BCUT2D eigenvalue weighted by molar-refractivity contribution is -0.126. The fraction of sp³-hybridized carbons (Fsp3) is 0.167. The van der Waals surface area contributed by atoms with Crippen LogP contribution in [0.4, 0.5) is 5.69 Å². The van der Waals surface area contributed by atoms with Crippen molar-refractivity contribution < 1.29 is 23.8 Å². The summed E-state index contributed by atoms with van der Waals surface area (Å²) in [4.78, 5) is 24.3. The van der Waals surface area contributed by atoms with E-state index in [-0.39, 0.29) is 6.42 Å². The van der Waals surface area contributed by atoms with Gasteiger partial charge in [-0.3, -0.25) is 9.59 Å².